The first-order chi connectivity index (χ1) is 13.6. The number of benzene rings is 3. The van der Waals surface area contributed by atoms with Gasteiger partial charge in [-0.25, -0.2) is 0 Å². The highest BCUT2D eigenvalue weighted by molar-refractivity contribution is 6.47. The summed E-state index contributed by atoms with van der Waals surface area (Å²) in [6.45, 7) is 5.79. The van der Waals surface area contributed by atoms with E-state index in [9.17, 15) is 0 Å². The van der Waals surface area contributed by atoms with E-state index >= 15 is 0 Å². The first kappa shape index (κ1) is 19.0. The Kier molecular flexibility index (Phi) is 5.65. The predicted octanol–water partition coefficient (Wildman–Crippen LogP) is 5.70. The molecule has 0 N–H and O–H groups in total. The van der Waals surface area contributed by atoms with Gasteiger partial charge in [-0.2, -0.15) is 0 Å². The van der Waals surface area contributed by atoms with Gasteiger partial charge in [-0.15, -0.1) is 0 Å². The van der Waals surface area contributed by atoms with Gasteiger partial charge < -0.3 is 9.31 Å². The van der Waals surface area contributed by atoms with Crippen molar-refractivity contribution in [1.82, 2.24) is 0 Å². The second-order valence-corrected chi connectivity index (χ2v) is 8.39. The summed E-state index contributed by atoms with van der Waals surface area (Å²) in [5.74, 6) is 0.220. The molecule has 1 fully saturated rings. The molecule has 0 aliphatic carbocycles. The van der Waals surface area contributed by atoms with E-state index in [0.29, 0.717) is 13.2 Å². The van der Waals surface area contributed by atoms with Crippen LogP contribution in [0.4, 0.5) is 0 Å². The van der Waals surface area contributed by atoms with Gasteiger partial charge in [0.1, 0.15) is 0 Å². The van der Waals surface area contributed by atoms with Crippen LogP contribution < -0.4 is 0 Å². The van der Waals surface area contributed by atoms with Gasteiger partial charge in [-0.05, 0) is 16.7 Å². The minimum absolute atomic E-state index is 0.0483. The minimum Gasteiger partial charge on any atom is -0.410 e. The zero-order chi connectivity index (χ0) is 19.4. The Balaban J connectivity index is 1.80. The highest BCUT2D eigenvalue weighted by Gasteiger charge is 2.43. The average molecular weight is 370 g/mol. The van der Waals surface area contributed by atoms with E-state index in [-0.39, 0.29) is 24.3 Å². The Morgan fingerprint density at radius 1 is 0.643 bits per heavy atom. The number of hydrogen-bond donors (Lipinski definition) is 0. The topological polar surface area (TPSA) is 18.5 Å². The van der Waals surface area contributed by atoms with Crippen molar-refractivity contribution in [2.24, 2.45) is 5.41 Å². The van der Waals surface area contributed by atoms with E-state index < -0.39 is 0 Å². The highest BCUT2D eigenvalue weighted by Crippen LogP contribution is 2.42. The minimum atomic E-state index is -0.277. The van der Waals surface area contributed by atoms with E-state index in [1.165, 1.54) is 16.7 Å². The van der Waals surface area contributed by atoms with Gasteiger partial charge in [0, 0.05) is 30.4 Å². The van der Waals surface area contributed by atoms with Crippen LogP contribution in [-0.2, 0) is 9.31 Å². The summed E-state index contributed by atoms with van der Waals surface area (Å²) < 4.78 is 12.6. The monoisotopic (exact) mass is 370 g/mol. The van der Waals surface area contributed by atoms with E-state index in [0.717, 1.165) is 0 Å². The Morgan fingerprint density at radius 3 is 1.46 bits per heavy atom. The molecule has 142 valence electrons. The van der Waals surface area contributed by atoms with Crippen molar-refractivity contribution in [2.75, 3.05) is 13.2 Å². The van der Waals surface area contributed by atoms with Gasteiger partial charge in [-0.1, -0.05) is 105 Å². The molecule has 0 aromatic heterocycles. The van der Waals surface area contributed by atoms with Crippen LogP contribution >= 0.6 is 0 Å². The third kappa shape index (κ3) is 4.21. The quantitative estimate of drug-likeness (QED) is 0.536. The summed E-state index contributed by atoms with van der Waals surface area (Å²) in [4.78, 5) is 0. The Hall–Kier alpha value is -2.36. The zero-order valence-electron chi connectivity index (χ0n) is 16.6. The van der Waals surface area contributed by atoms with Crippen LogP contribution in [0.25, 0.3) is 0 Å². The van der Waals surface area contributed by atoms with Crippen molar-refractivity contribution in [3.8, 4) is 0 Å². The maximum atomic E-state index is 6.31. The van der Waals surface area contributed by atoms with Gasteiger partial charge in [0.05, 0.1) is 0 Å². The summed E-state index contributed by atoms with van der Waals surface area (Å²) >= 11 is 0. The van der Waals surface area contributed by atoms with Crippen molar-refractivity contribution < 1.29 is 9.31 Å². The number of hydrogen-bond acceptors (Lipinski definition) is 2. The third-order valence-electron chi connectivity index (χ3n) is 5.43. The van der Waals surface area contributed by atoms with Crippen LogP contribution in [0.1, 0.15) is 42.3 Å². The van der Waals surface area contributed by atoms with Gasteiger partial charge in [0.2, 0.25) is 0 Å². The molecule has 1 saturated heterocycles. The smallest absolute Gasteiger partial charge is 0.410 e. The molecule has 3 heteroatoms. The molecule has 3 aromatic rings. The molecule has 1 aliphatic rings. The largest absolute Gasteiger partial charge is 0.465 e. The normalized spacial score (nSPS) is 17.5. The van der Waals surface area contributed by atoms with Crippen molar-refractivity contribution in [1.29, 1.82) is 0 Å². The molecule has 2 nitrogen and oxygen atoms in total. The first-order valence-corrected chi connectivity index (χ1v) is 10.0. The van der Waals surface area contributed by atoms with Crippen LogP contribution in [0.15, 0.2) is 91.0 Å². The molecule has 0 spiro atoms. The van der Waals surface area contributed by atoms with Gasteiger partial charge >= 0.3 is 7.12 Å². The summed E-state index contributed by atoms with van der Waals surface area (Å²) in [5, 5.41) is 0. The molecule has 3 aromatic carbocycles. The molecular formula is C25H27BO2. The summed E-state index contributed by atoms with van der Waals surface area (Å²) in [6.07, 6.45) is 0. The predicted molar refractivity (Wildman–Crippen MR) is 115 cm³/mol. The second kappa shape index (κ2) is 8.34. The van der Waals surface area contributed by atoms with E-state index in [1.807, 2.05) is 0 Å². The summed E-state index contributed by atoms with van der Waals surface area (Å²) in [7, 11) is -0.277. The Labute approximate surface area is 168 Å². The molecule has 1 heterocycles. The van der Waals surface area contributed by atoms with E-state index in [2.05, 4.69) is 105 Å². The van der Waals surface area contributed by atoms with Crippen LogP contribution in [0.3, 0.4) is 0 Å². The molecule has 1 unspecified atom stereocenters. The molecule has 0 bridgehead atoms. The maximum absolute atomic E-state index is 6.31. The molecule has 1 atom stereocenters. The fraction of sp³-hybridized carbons (Fsp3) is 0.280. The molecule has 28 heavy (non-hydrogen) atoms. The molecule has 0 saturated carbocycles. The first-order valence-electron chi connectivity index (χ1n) is 10.0. The molecule has 1 aliphatic heterocycles. The van der Waals surface area contributed by atoms with Crippen LogP contribution in [-0.4, -0.2) is 20.3 Å². The zero-order valence-corrected chi connectivity index (χ0v) is 16.6. The van der Waals surface area contributed by atoms with Crippen LogP contribution in [0.5, 0.6) is 0 Å². The fourth-order valence-corrected chi connectivity index (χ4v) is 4.02. The van der Waals surface area contributed by atoms with Crippen LogP contribution in [0.2, 0.25) is 0 Å². The summed E-state index contributed by atoms with van der Waals surface area (Å²) in [6, 6.07) is 32.1. The Morgan fingerprint density at radius 2 is 1.04 bits per heavy atom. The lowest BCUT2D eigenvalue weighted by Crippen LogP contribution is -2.45. The number of rotatable bonds is 5. The van der Waals surface area contributed by atoms with Crippen LogP contribution in [0, 0.1) is 5.41 Å². The maximum Gasteiger partial charge on any atom is 0.465 e. The molecule has 0 amide bonds. The SMILES string of the molecule is CC1(C)COB(C(c2ccccc2)C(c2ccccc2)c2ccccc2)OC1. The van der Waals surface area contributed by atoms with Gasteiger partial charge in [0.25, 0.3) is 0 Å². The van der Waals surface area contributed by atoms with Gasteiger partial charge in [0.15, 0.2) is 0 Å². The highest BCUT2D eigenvalue weighted by atomic mass is 16.6. The Bertz CT molecular complexity index is 815. The van der Waals surface area contributed by atoms with Crippen molar-refractivity contribution in [3.63, 3.8) is 0 Å². The molecule has 0 radical (unpaired) electrons. The van der Waals surface area contributed by atoms with E-state index in [1.54, 1.807) is 0 Å². The molecule has 4 rings (SSSR count). The second-order valence-electron chi connectivity index (χ2n) is 8.39. The average Bonchev–Trinajstić information content (AvgIpc) is 2.74. The van der Waals surface area contributed by atoms with Gasteiger partial charge in [-0.3, -0.25) is 0 Å². The van der Waals surface area contributed by atoms with Crippen molar-refractivity contribution in [2.45, 2.75) is 25.6 Å². The lowest BCUT2D eigenvalue weighted by molar-refractivity contribution is 0.0235. The van der Waals surface area contributed by atoms with E-state index in [4.69, 9.17) is 9.31 Å². The van der Waals surface area contributed by atoms with Crippen molar-refractivity contribution in [3.05, 3.63) is 108 Å². The standard InChI is InChI=1S/C25H27BO2/c1-25(2)18-27-26(28-19-25)24(22-16-10-5-11-17-22)23(20-12-6-3-7-13-20)21-14-8-4-9-15-21/h3-17,23-24H,18-19H2,1-2H3. The summed E-state index contributed by atoms with van der Waals surface area (Å²) in [5.41, 5.74) is 3.84. The third-order valence-corrected chi connectivity index (χ3v) is 5.43. The van der Waals surface area contributed by atoms with Crippen molar-refractivity contribution >= 4 is 7.12 Å². The fourth-order valence-electron chi connectivity index (χ4n) is 4.02. The molecular weight excluding hydrogens is 343 g/mol. The lowest BCUT2D eigenvalue weighted by Gasteiger charge is -2.39. The lowest BCUT2D eigenvalue weighted by atomic mass is 9.57.